The van der Waals surface area contributed by atoms with Gasteiger partial charge in [0, 0.05) is 36.3 Å². The van der Waals surface area contributed by atoms with Gasteiger partial charge in [-0.15, -0.1) is 0 Å². The van der Waals surface area contributed by atoms with Crippen LogP contribution in [0.5, 0.6) is 0 Å². The Morgan fingerprint density at radius 2 is 1.30 bits per heavy atom. The van der Waals surface area contributed by atoms with E-state index in [4.69, 9.17) is 13.3 Å². The molecular formula is C27H29NO4Si. The number of rotatable bonds is 9. The summed E-state index contributed by atoms with van der Waals surface area (Å²) in [5.41, 5.74) is 1.35. The minimum Gasteiger partial charge on any atom is -0.370 e. The predicted octanol–water partition coefficient (Wildman–Crippen LogP) is 5.50. The van der Waals surface area contributed by atoms with Gasteiger partial charge in [-0.25, -0.2) is 0 Å². The van der Waals surface area contributed by atoms with Gasteiger partial charge in [0.25, 0.3) is 5.91 Å². The Morgan fingerprint density at radius 3 is 1.91 bits per heavy atom. The molecule has 0 aliphatic carbocycles. The first-order chi connectivity index (χ1) is 16.1. The van der Waals surface area contributed by atoms with Crippen molar-refractivity contribution in [3.63, 3.8) is 0 Å². The number of nitrogens with one attached hydrogen (secondary N) is 1. The molecule has 0 fully saturated rings. The van der Waals surface area contributed by atoms with E-state index in [1.54, 1.807) is 0 Å². The maximum atomic E-state index is 13.2. The van der Waals surface area contributed by atoms with E-state index in [2.05, 4.69) is 29.6 Å². The lowest BCUT2D eigenvalue weighted by molar-refractivity contribution is 0.0859. The Balaban J connectivity index is 1.61. The Morgan fingerprint density at radius 1 is 0.727 bits per heavy atom. The molecule has 4 aromatic rings. The minimum absolute atomic E-state index is 0.147. The molecule has 0 saturated heterocycles. The molecule has 170 valence electrons. The van der Waals surface area contributed by atoms with Crippen LogP contribution in [0.25, 0.3) is 21.5 Å². The summed E-state index contributed by atoms with van der Waals surface area (Å²) in [5.74, 6) is -0.147. The lowest BCUT2D eigenvalue weighted by Gasteiger charge is -2.28. The SMILES string of the molecule is CCO[Si](OCC)(OCC)c1ccc(NC(=O)c2cccc3cc4ccccc4cc23)cc1. The fourth-order valence-electron chi connectivity index (χ4n) is 4.07. The number of carbonyl (C=O) groups excluding carboxylic acids is 1. The number of hydrogen-bond donors (Lipinski definition) is 1. The van der Waals surface area contributed by atoms with Gasteiger partial charge in [0.2, 0.25) is 0 Å². The van der Waals surface area contributed by atoms with Crippen LogP contribution in [-0.2, 0) is 13.3 Å². The molecule has 0 aliphatic heterocycles. The van der Waals surface area contributed by atoms with E-state index < -0.39 is 8.80 Å². The van der Waals surface area contributed by atoms with Crippen LogP contribution in [0.2, 0.25) is 0 Å². The van der Waals surface area contributed by atoms with E-state index >= 15 is 0 Å². The first-order valence-corrected chi connectivity index (χ1v) is 13.1. The number of amides is 1. The van der Waals surface area contributed by atoms with Gasteiger partial charge < -0.3 is 18.6 Å². The quantitative estimate of drug-likeness (QED) is 0.265. The Hall–Kier alpha value is -3.03. The molecule has 4 rings (SSSR count). The third-order valence-corrected chi connectivity index (χ3v) is 8.54. The molecule has 0 bridgehead atoms. The Labute approximate surface area is 195 Å². The number of hydrogen-bond acceptors (Lipinski definition) is 4. The largest absolute Gasteiger partial charge is 0.537 e. The number of carbonyl (C=O) groups is 1. The van der Waals surface area contributed by atoms with Crippen molar-refractivity contribution in [3.05, 3.63) is 84.4 Å². The molecule has 5 nitrogen and oxygen atoms in total. The highest BCUT2D eigenvalue weighted by Gasteiger charge is 2.43. The normalized spacial score (nSPS) is 11.7. The second kappa shape index (κ2) is 10.3. The molecule has 0 unspecified atom stereocenters. The van der Waals surface area contributed by atoms with Crippen molar-refractivity contribution in [1.82, 2.24) is 0 Å². The minimum atomic E-state index is -2.97. The summed E-state index contributed by atoms with van der Waals surface area (Å²) in [6, 6.07) is 25.8. The van der Waals surface area contributed by atoms with E-state index in [1.807, 2.05) is 75.4 Å². The summed E-state index contributed by atoms with van der Waals surface area (Å²) in [4.78, 5) is 13.2. The summed E-state index contributed by atoms with van der Waals surface area (Å²) in [6.07, 6.45) is 0. The Bertz CT molecular complexity index is 1240. The van der Waals surface area contributed by atoms with Crippen LogP contribution in [-0.4, -0.2) is 34.5 Å². The molecule has 0 aromatic heterocycles. The van der Waals surface area contributed by atoms with E-state index in [-0.39, 0.29) is 5.91 Å². The van der Waals surface area contributed by atoms with Crippen molar-refractivity contribution in [3.8, 4) is 0 Å². The zero-order chi connectivity index (χ0) is 23.3. The van der Waals surface area contributed by atoms with Crippen LogP contribution in [0.4, 0.5) is 5.69 Å². The van der Waals surface area contributed by atoms with Crippen molar-refractivity contribution >= 4 is 47.1 Å². The van der Waals surface area contributed by atoms with Gasteiger partial charge in [-0.05, 0) is 72.6 Å². The van der Waals surface area contributed by atoms with E-state index in [0.29, 0.717) is 31.1 Å². The van der Waals surface area contributed by atoms with Crippen molar-refractivity contribution in [2.75, 3.05) is 25.1 Å². The fraction of sp³-hybridized carbons (Fsp3) is 0.222. The summed E-state index contributed by atoms with van der Waals surface area (Å²) >= 11 is 0. The lowest BCUT2D eigenvalue weighted by atomic mass is 9.99. The van der Waals surface area contributed by atoms with Gasteiger partial charge in [0.05, 0.1) is 0 Å². The standard InChI is InChI=1S/C27H29NO4Si/c1-4-30-33(31-5-2,32-6-3)24-16-14-23(15-17-24)28-27(29)25-13-9-12-22-18-20-10-7-8-11-21(20)19-26(22)25/h7-19H,4-6H2,1-3H3,(H,28,29). The highest BCUT2D eigenvalue weighted by Crippen LogP contribution is 2.26. The molecule has 6 heteroatoms. The van der Waals surface area contributed by atoms with Crippen molar-refractivity contribution < 1.29 is 18.1 Å². The lowest BCUT2D eigenvalue weighted by Crippen LogP contribution is -2.56. The van der Waals surface area contributed by atoms with E-state index in [1.165, 1.54) is 0 Å². The summed E-state index contributed by atoms with van der Waals surface area (Å²) in [6.45, 7) is 7.30. The van der Waals surface area contributed by atoms with Crippen LogP contribution >= 0.6 is 0 Å². The van der Waals surface area contributed by atoms with Crippen LogP contribution < -0.4 is 10.5 Å². The zero-order valence-corrected chi connectivity index (χ0v) is 20.3. The van der Waals surface area contributed by atoms with Crippen molar-refractivity contribution in [2.45, 2.75) is 20.8 Å². The topological polar surface area (TPSA) is 56.8 Å². The van der Waals surface area contributed by atoms with Crippen LogP contribution in [0.3, 0.4) is 0 Å². The third-order valence-electron chi connectivity index (χ3n) is 5.49. The predicted molar refractivity (Wildman–Crippen MR) is 136 cm³/mol. The number of fused-ring (bicyclic) bond motifs is 2. The molecule has 0 atom stereocenters. The van der Waals surface area contributed by atoms with Gasteiger partial charge in [-0.3, -0.25) is 4.79 Å². The van der Waals surface area contributed by atoms with Crippen molar-refractivity contribution in [1.29, 1.82) is 0 Å². The smallest absolute Gasteiger partial charge is 0.370 e. The summed E-state index contributed by atoms with van der Waals surface area (Å²) < 4.78 is 17.9. The third kappa shape index (κ3) is 4.84. The van der Waals surface area contributed by atoms with Crippen LogP contribution in [0, 0.1) is 0 Å². The van der Waals surface area contributed by atoms with Crippen molar-refractivity contribution in [2.24, 2.45) is 0 Å². The Kier molecular flexibility index (Phi) is 7.20. The molecule has 0 spiro atoms. The van der Waals surface area contributed by atoms with E-state index in [0.717, 1.165) is 26.7 Å². The average molecular weight is 460 g/mol. The highest BCUT2D eigenvalue weighted by atomic mass is 28.4. The molecule has 0 heterocycles. The average Bonchev–Trinajstić information content (AvgIpc) is 2.83. The number of benzene rings is 4. The van der Waals surface area contributed by atoms with Crippen LogP contribution in [0.1, 0.15) is 31.1 Å². The molecule has 0 aliphatic rings. The molecule has 1 amide bonds. The summed E-state index contributed by atoms with van der Waals surface area (Å²) in [5, 5.41) is 8.14. The second-order valence-electron chi connectivity index (χ2n) is 7.61. The maximum Gasteiger partial charge on any atom is 0.537 e. The zero-order valence-electron chi connectivity index (χ0n) is 19.3. The van der Waals surface area contributed by atoms with Gasteiger partial charge in [-0.2, -0.15) is 0 Å². The first kappa shape index (κ1) is 23.1. The molecular weight excluding hydrogens is 430 g/mol. The van der Waals surface area contributed by atoms with E-state index in [9.17, 15) is 4.79 Å². The molecule has 1 N–H and O–H groups in total. The van der Waals surface area contributed by atoms with Gasteiger partial charge in [0.1, 0.15) is 0 Å². The monoisotopic (exact) mass is 459 g/mol. The van der Waals surface area contributed by atoms with Gasteiger partial charge in [-0.1, -0.05) is 48.5 Å². The summed E-state index contributed by atoms with van der Waals surface area (Å²) in [7, 11) is -2.97. The molecule has 33 heavy (non-hydrogen) atoms. The molecule has 0 saturated carbocycles. The van der Waals surface area contributed by atoms with Crippen LogP contribution in [0.15, 0.2) is 78.9 Å². The second-order valence-corrected chi connectivity index (χ2v) is 10.2. The maximum absolute atomic E-state index is 13.2. The first-order valence-electron chi connectivity index (χ1n) is 11.4. The number of anilines is 1. The van der Waals surface area contributed by atoms with Gasteiger partial charge >= 0.3 is 8.80 Å². The highest BCUT2D eigenvalue weighted by molar-refractivity contribution is 6.75. The van der Waals surface area contributed by atoms with Gasteiger partial charge in [0.15, 0.2) is 0 Å². The molecule has 0 radical (unpaired) electrons. The molecule has 4 aromatic carbocycles. The fourth-order valence-corrected chi connectivity index (χ4v) is 6.53.